The third-order valence-corrected chi connectivity index (χ3v) is 3.67. The van der Waals surface area contributed by atoms with Crippen LogP contribution in [0.25, 0.3) is 0 Å². The molecule has 0 saturated carbocycles. The summed E-state index contributed by atoms with van der Waals surface area (Å²) in [4.78, 5) is 14.4. The molecule has 4 nitrogen and oxygen atoms in total. The van der Waals surface area contributed by atoms with Crippen LogP contribution in [-0.4, -0.2) is 49.7 Å². The monoisotopic (exact) mass is 278 g/mol. The van der Waals surface area contributed by atoms with E-state index in [1.807, 2.05) is 18.7 Å². The number of hydrogen-bond acceptors (Lipinski definition) is 3. The van der Waals surface area contributed by atoms with Crippen LogP contribution in [0.4, 0.5) is 0 Å². The molecule has 2 atom stereocenters. The van der Waals surface area contributed by atoms with E-state index in [1.165, 1.54) is 0 Å². The molecule has 18 heavy (non-hydrogen) atoms. The Labute approximate surface area is 117 Å². The Morgan fingerprint density at radius 3 is 2.22 bits per heavy atom. The molecule has 0 radical (unpaired) electrons. The molecular formula is C13H27ClN2O2. The first-order valence-corrected chi connectivity index (χ1v) is 6.51. The number of nitrogens with zero attached hydrogens (tertiary/aromatic N) is 1. The van der Waals surface area contributed by atoms with Gasteiger partial charge in [-0.05, 0) is 39.8 Å². The van der Waals surface area contributed by atoms with Crippen LogP contribution >= 0.6 is 12.4 Å². The SMILES string of the molecule is COC(C)CN(C(=O)C(C)C1CNC1)C(C)C.Cl. The minimum atomic E-state index is 0. The van der Waals surface area contributed by atoms with E-state index in [-0.39, 0.29) is 36.4 Å². The summed E-state index contributed by atoms with van der Waals surface area (Å²) in [6, 6.07) is 0.232. The fraction of sp³-hybridized carbons (Fsp3) is 0.923. The summed E-state index contributed by atoms with van der Waals surface area (Å²) in [6.45, 7) is 10.8. The summed E-state index contributed by atoms with van der Waals surface area (Å²) in [5.41, 5.74) is 0. The number of amides is 1. The second kappa shape index (κ2) is 7.97. The van der Waals surface area contributed by atoms with Crippen molar-refractivity contribution in [3.8, 4) is 0 Å². The maximum Gasteiger partial charge on any atom is 0.226 e. The predicted molar refractivity (Wildman–Crippen MR) is 76.1 cm³/mol. The molecule has 0 aromatic carbocycles. The second-order valence-electron chi connectivity index (χ2n) is 5.34. The Morgan fingerprint density at radius 2 is 1.89 bits per heavy atom. The Hall–Kier alpha value is -0.320. The zero-order valence-corrected chi connectivity index (χ0v) is 12.9. The summed E-state index contributed by atoms with van der Waals surface area (Å²) in [6.07, 6.45) is 0.0908. The molecule has 1 N–H and O–H groups in total. The van der Waals surface area contributed by atoms with E-state index >= 15 is 0 Å². The van der Waals surface area contributed by atoms with Crippen molar-refractivity contribution < 1.29 is 9.53 Å². The molecule has 0 aromatic rings. The van der Waals surface area contributed by atoms with Gasteiger partial charge in [0, 0.05) is 25.6 Å². The minimum Gasteiger partial charge on any atom is -0.380 e. The van der Waals surface area contributed by atoms with E-state index < -0.39 is 0 Å². The van der Waals surface area contributed by atoms with Gasteiger partial charge < -0.3 is 15.0 Å². The van der Waals surface area contributed by atoms with E-state index in [1.54, 1.807) is 7.11 Å². The average Bonchev–Trinajstić information content (AvgIpc) is 2.21. The quantitative estimate of drug-likeness (QED) is 0.801. The standard InChI is InChI=1S/C13H26N2O2.ClH/c1-9(2)15(8-10(3)17-5)13(16)11(4)12-6-14-7-12;/h9-12,14H,6-8H2,1-5H3;1H. The van der Waals surface area contributed by atoms with Gasteiger partial charge in [0.2, 0.25) is 5.91 Å². The molecule has 1 rings (SSSR count). The summed E-state index contributed by atoms with van der Waals surface area (Å²) in [5, 5.41) is 3.22. The molecular weight excluding hydrogens is 252 g/mol. The molecule has 1 aliphatic rings. The number of halogens is 1. The van der Waals surface area contributed by atoms with Crippen LogP contribution < -0.4 is 5.32 Å². The van der Waals surface area contributed by atoms with Gasteiger partial charge in [0.1, 0.15) is 0 Å². The molecule has 1 heterocycles. The highest BCUT2D eigenvalue weighted by molar-refractivity contribution is 5.85. The van der Waals surface area contributed by atoms with Gasteiger partial charge >= 0.3 is 0 Å². The Morgan fingerprint density at radius 1 is 1.33 bits per heavy atom. The number of rotatable bonds is 6. The van der Waals surface area contributed by atoms with Crippen molar-refractivity contribution in [2.75, 3.05) is 26.7 Å². The van der Waals surface area contributed by atoms with Crippen molar-refractivity contribution in [1.82, 2.24) is 10.2 Å². The number of carbonyl (C=O) groups excluding carboxylic acids is 1. The molecule has 1 fully saturated rings. The Bertz CT molecular complexity index is 257. The molecule has 0 aliphatic carbocycles. The molecule has 0 bridgehead atoms. The van der Waals surface area contributed by atoms with Crippen LogP contribution in [0.15, 0.2) is 0 Å². The van der Waals surface area contributed by atoms with Crippen molar-refractivity contribution >= 4 is 18.3 Å². The zero-order chi connectivity index (χ0) is 13.0. The summed E-state index contributed by atoms with van der Waals surface area (Å²) < 4.78 is 5.26. The lowest BCUT2D eigenvalue weighted by Gasteiger charge is -2.37. The van der Waals surface area contributed by atoms with Crippen molar-refractivity contribution in [3.05, 3.63) is 0 Å². The Balaban J connectivity index is 0.00000289. The smallest absolute Gasteiger partial charge is 0.226 e. The van der Waals surface area contributed by atoms with E-state index in [9.17, 15) is 4.79 Å². The second-order valence-corrected chi connectivity index (χ2v) is 5.34. The Kier molecular flexibility index (Phi) is 7.83. The van der Waals surface area contributed by atoms with E-state index in [4.69, 9.17) is 4.74 Å². The highest BCUT2D eigenvalue weighted by Gasteiger charge is 2.32. The first kappa shape index (κ1) is 17.7. The zero-order valence-electron chi connectivity index (χ0n) is 12.1. The van der Waals surface area contributed by atoms with Crippen molar-refractivity contribution in [1.29, 1.82) is 0 Å². The lowest BCUT2D eigenvalue weighted by molar-refractivity contribution is -0.140. The normalized spacial score (nSPS) is 18.8. The summed E-state index contributed by atoms with van der Waals surface area (Å²) in [5.74, 6) is 0.875. The third-order valence-electron chi connectivity index (χ3n) is 3.67. The molecule has 1 aliphatic heterocycles. The highest BCUT2D eigenvalue weighted by atomic mass is 35.5. The van der Waals surface area contributed by atoms with E-state index in [0.29, 0.717) is 12.5 Å². The minimum absolute atomic E-state index is 0. The van der Waals surface area contributed by atoms with E-state index in [2.05, 4.69) is 19.2 Å². The van der Waals surface area contributed by atoms with Crippen LogP contribution in [0, 0.1) is 11.8 Å². The topological polar surface area (TPSA) is 41.6 Å². The number of nitrogens with one attached hydrogen (secondary N) is 1. The predicted octanol–water partition coefficient (Wildman–Crippen LogP) is 1.54. The fourth-order valence-electron chi connectivity index (χ4n) is 2.03. The van der Waals surface area contributed by atoms with Gasteiger partial charge in [-0.2, -0.15) is 0 Å². The highest BCUT2D eigenvalue weighted by Crippen LogP contribution is 2.20. The first-order chi connectivity index (χ1) is 7.97. The van der Waals surface area contributed by atoms with Crippen molar-refractivity contribution in [2.45, 2.75) is 39.8 Å². The molecule has 108 valence electrons. The van der Waals surface area contributed by atoms with Crippen LogP contribution in [0.5, 0.6) is 0 Å². The van der Waals surface area contributed by atoms with Gasteiger partial charge in [0.05, 0.1) is 6.10 Å². The summed E-state index contributed by atoms with van der Waals surface area (Å²) >= 11 is 0. The first-order valence-electron chi connectivity index (χ1n) is 6.51. The van der Waals surface area contributed by atoms with E-state index in [0.717, 1.165) is 13.1 Å². The lowest BCUT2D eigenvalue weighted by atomic mass is 9.87. The third kappa shape index (κ3) is 4.41. The number of ether oxygens (including phenoxy) is 1. The number of hydrogen-bond donors (Lipinski definition) is 1. The van der Waals surface area contributed by atoms with Crippen LogP contribution in [0.1, 0.15) is 27.7 Å². The molecule has 2 unspecified atom stereocenters. The fourth-order valence-corrected chi connectivity index (χ4v) is 2.03. The molecule has 5 heteroatoms. The lowest BCUT2D eigenvalue weighted by Crippen LogP contribution is -2.52. The van der Waals surface area contributed by atoms with Gasteiger partial charge in [0.25, 0.3) is 0 Å². The molecule has 1 amide bonds. The maximum atomic E-state index is 12.4. The number of methoxy groups -OCH3 is 1. The van der Waals surface area contributed by atoms with Crippen LogP contribution in [0.2, 0.25) is 0 Å². The largest absolute Gasteiger partial charge is 0.380 e. The van der Waals surface area contributed by atoms with Gasteiger partial charge in [-0.1, -0.05) is 6.92 Å². The van der Waals surface area contributed by atoms with Gasteiger partial charge in [-0.3, -0.25) is 4.79 Å². The molecule has 0 aromatic heterocycles. The maximum absolute atomic E-state index is 12.4. The molecule has 1 saturated heterocycles. The van der Waals surface area contributed by atoms with Crippen LogP contribution in [-0.2, 0) is 9.53 Å². The van der Waals surface area contributed by atoms with Crippen LogP contribution in [0.3, 0.4) is 0 Å². The van der Waals surface area contributed by atoms with Crippen molar-refractivity contribution in [3.63, 3.8) is 0 Å². The molecule has 0 spiro atoms. The summed E-state index contributed by atoms with van der Waals surface area (Å²) in [7, 11) is 1.69. The van der Waals surface area contributed by atoms with Crippen molar-refractivity contribution in [2.24, 2.45) is 11.8 Å². The van der Waals surface area contributed by atoms with Gasteiger partial charge in [0.15, 0.2) is 0 Å². The number of carbonyl (C=O) groups is 1. The average molecular weight is 279 g/mol. The van der Waals surface area contributed by atoms with Gasteiger partial charge in [-0.25, -0.2) is 0 Å². The van der Waals surface area contributed by atoms with Gasteiger partial charge in [-0.15, -0.1) is 12.4 Å².